The summed E-state index contributed by atoms with van der Waals surface area (Å²) in [6.45, 7) is 0.557. The fraction of sp³-hybridized carbons (Fsp3) is 0.417. The number of ether oxygens (including phenoxy) is 2. The summed E-state index contributed by atoms with van der Waals surface area (Å²) in [7, 11) is 3.21. The molecule has 2 aromatic carbocycles. The van der Waals surface area contributed by atoms with Crippen molar-refractivity contribution in [2.45, 2.75) is 38.5 Å². The van der Waals surface area contributed by atoms with E-state index in [4.69, 9.17) is 21.1 Å². The molecule has 0 aliphatic rings. The van der Waals surface area contributed by atoms with Crippen LogP contribution in [0.1, 0.15) is 38.5 Å². The van der Waals surface area contributed by atoms with Gasteiger partial charge in [0.25, 0.3) is 0 Å². The third kappa shape index (κ3) is 8.50. The minimum absolute atomic E-state index is 0.0467. The normalized spacial score (nSPS) is 10.4. The molecular formula is C24H31ClN2O4. The summed E-state index contributed by atoms with van der Waals surface area (Å²) in [6.07, 6.45) is 3.83. The second kappa shape index (κ2) is 13.5. The molecule has 0 unspecified atom stereocenters. The van der Waals surface area contributed by atoms with Crippen molar-refractivity contribution >= 4 is 34.8 Å². The van der Waals surface area contributed by atoms with E-state index in [2.05, 4.69) is 5.32 Å². The molecular weight excluding hydrogens is 416 g/mol. The first-order chi connectivity index (χ1) is 15.1. The minimum atomic E-state index is -0.0467. The number of hydrogen-bond acceptors (Lipinski definition) is 4. The number of nitrogens with one attached hydrogen (secondary N) is 1. The SMILES string of the molecule is COc1ccc(NC(=O)CCCCN(C(=O)CCCCCl)c2ccc(OC)cc2)cc1. The van der Waals surface area contributed by atoms with Gasteiger partial charge in [0, 0.05) is 36.6 Å². The quantitative estimate of drug-likeness (QED) is 0.337. The Bertz CT molecular complexity index is 809. The molecule has 0 saturated carbocycles. The first-order valence-electron chi connectivity index (χ1n) is 10.5. The Kier molecular flexibility index (Phi) is 10.7. The maximum absolute atomic E-state index is 12.8. The summed E-state index contributed by atoms with van der Waals surface area (Å²) in [4.78, 5) is 26.8. The molecule has 0 spiro atoms. The van der Waals surface area contributed by atoms with Gasteiger partial charge in [-0.2, -0.15) is 0 Å². The zero-order valence-corrected chi connectivity index (χ0v) is 19.0. The predicted molar refractivity (Wildman–Crippen MR) is 125 cm³/mol. The number of nitrogens with zero attached hydrogens (tertiary/aromatic N) is 1. The van der Waals surface area contributed by atoms with Crippen molar-refractivity contribution in [1.82, 2.24) is 0 Å². The van der Waals surface area contributed by atoms with Gasteiger partial charge in [-0.05, 0) is 74.2 Å². The topological polar surface area (TPSA) is 67.9 Å². The van der Waals surface area contributed by atoms with Crippen LogP contribution < -0.4 is 19.7 Å². The molecule has 2 amide bonds. The molecule has 0 aromatic heterocycles. The number of methoxy groups -OCH3 is 2. The van der Waals surface area contributed by atoms with Crippen molar-refractivity contribution in [3.8, 4) is 11.5 Å². The monoisotopic (exact) mass is 446 g/mol. The van der Waals surface area contributed by atoms with Crippen LogP contribution in [0.15, 0.2) is 48.5 Å². The molecule has 0 fully saturated rings. The van der Waals surface area contributed by atoms with Gasteiger partial charge in [-0.25, -0.2) is 0 Å². The summed E-state index contributed by atoms with van der Waals surface area (Å²) < 4.78 is 10.3. The number of rotatable bonds is 13. The molecule has 0 saturated heterocycles. The van der Waals surface area contributed by atoms with Gasteiger partial charge in [0.05, 0.1) is 14.2 Å². The molecule has 31 heavy (non-hydrogen) atoms. The van der Waals surface area contributed by atoms with Gasteiger partial charge in [-0.1, -0.05) is 0 Å². The van der Waals surface area contributed by atoms with E-state index in [1.54, 1.807) is 31.3 Å². The molecule has 0 atom stereocenters. The van der Waals surface area contributed by atoms with Crippen LogP contribution in [-0.2, 0) is 9.59 Å². The number of halogens is 1. The number of amides is 2. The van der Waals surface area contributed by atoms with Crippen molar-refractivity contribution in [2.75, 3.05) is 36.9 Å². The van der Waals surface area contributed by atoms with Crippen LogP contribution in [0.25, 0.3) is 0 Å². The highest BCUT2D eigenvalue weighted by Gasteiger charge is 2.15. The standard InChI is InChI=1S/C24H31ClN2O4/c1-30-21-13-9-19(10-14-21)26-23(28)7-4-6-18-27(24(29)8-3-5-17-25)20-11-15-22(31-2)16-12-20/h9-16H,3-8,17-18H2,1-2H3,(H,26,28). The van der Waals surface area contributed by atoms with Gasteiger partial charge in [0.15, 0.2) is 0 Å². The maximum atomic E-state index is 12.8. The van der Waals surface area contributed by atoms with Gasteiger partial charge in [0.1, 0.15) is 11.5 Å². The average molecular weight is 447 g/mol. The van der Waals surface area contributed by atoms with Gasteiger partial charge in [-0.3, -0.25) is 9.59 Å². The van der Waals surface area contributed by atoms with Crippen LogP contribution in [0.2, 0.25) is 0 Å². The van der Waals surface area contributed by atoms with E-state index < -0.39 is 0 Å². The van der Waals surface area contributed by atoms with Crippen LogP contribution in [0.3, 0.4) is 0 Å². The molecule has 0 radical (unpaired) electrons. The van der Waals surface area contributed by atoms with E-state index in [9.17, 15) is 9.59 Å². The molecule has 0 aliphatic heterocycles. The summed E-state index contributed by atoms with van der Waals surface area (Å²) >= 11 is 5.74. The first kappa shape index (κ1) is 24.5. The lowest BCUT2D eigenvalue weighted by Gasteiger charge is -2.23. The summed E-state index contributed by atoms with van der Waals surface area (Å²) in [6, 6.07) is 14.7. The van der Waals surface area contributed by atoms with E-state index in [-0.39, 0.29) is 11.8 Å². The van der Waals surface area contributed by atoms with Gasteiger partial charge in [0.2, 0.25) is 11.8 Å². The van der Waals surface area contributed by atoms with Crippen molar-refractivity contribution in [2.24, 2.45) is 0 Å². The molecule has 6 nitrogen and oxygen atoms in total. The Labute approximate surface area is 189 Å². The minimum Gasteiger partial charge on any atom is -0.497 e. The molecule has 0 bridgehead atoms. The number of benzene rings is 2. The smallest absolute Gasteiger partial charge is 0.226 e. The molecule has 1 N–H and O–H groups in total. The highest BCUT2D eigenvalue weighted by molar-refractivity contribution is 6.17. The zero-order chi connectivity index (χ0) is 22.5. The lowest BCUT2D eigenvalue weighted by atomic mass is 10.1. The Balaban J connectivity index is 1.86. The first-order valence-corrected chi connectivity index (χ1v) is 11.0. The average Bonchev–Trinajstić information content (AvgIpc) is 2.80. The van der Waals surface area contributed by atoms with E-state index in [1.807, 2.05) is 36.4 Å². The van der Waals surface area contributed by atoms with Gasteiger partial charge >= 0.3 is 0 Å². The third-order valence-electron chi connectivity index (χ3n) is 4.87. The summed E-state index contributed by atoms with van der Waals surface area (Å²) in [5, 5.41) is 2.88. The van der Waals surface area contributed by atoms with Crippen LogP contribution in [0.5, 0.6) is 11.5 Å². The highest BCUT2D eigenvalue weighted by atomic mass is 35.5. The fourth-order valence-corrected chi connectivity index (χ4v) is 3.31. The number of unbranched alkanes of at least 4 members (excludes halogenated alkanes) is 2. The second-order valence-electron chi connectivity index (χ2n) is 7.12. The number of anilines is 2. The number of hydrogen-bond donors (Lipinski definition) is 1. The molecule has 2 aromatic rings. The van der Waals surface area contributed by atoms with Crippen LogP contribution >= 0.6 is 11.6 Å². The number of alkyl halides is 1. The Morgan fingerprint density at radius 3 is 2.00 bits per heavy atom. The molecule has 2 rings (SSSR count). The zero-order valence-electron chi connectivity index (χ0n) is 18.2. The van der Waals surface area contributed by atoms with Crippen molar-refractivity contribution in [3.63, 3.8) is 0 Å². The van der Waals surface area contributed by atoms with E-state index >= 15 is 0 Å². The van der Waals surface area contributed by atoms with Crippen LogP contribution in [-0.4, -0.2) is 38.5 Å². The Morgan fingerprint density at radius 1 is 0.839 bits per heavy atom. The third-order valence-corrected chi connectivity index (χ3v) is 5.14. The second-order valence-corrected chi connectivity index (χ2v) is 7.50. The van der Waals surface area contributed by atoms with Crippen LogP contribution in [0, 0.1) is 0 Å². The summed E-state index contributed by atoms with van der Waals surface area (Å²) in [5.41, 5.74) is 1.57. The van der Waals surface area contributed by atoms with Crippen LogP contribution in [0.4, 0.5) is 11.4 Å². The predicted octanol–water partition coefficient (Wildman–Crippen LogP) is 5.25. The molecule has 0 heterocycles. The van der Waals surface area contributed by atoms with E-state index in [0.29, 0.717) is 31.7 Å². The molecule has 168 valence electrons. The Morgan fingerprint density at radius 2 is 1.42 bits per heavy atom. The van der Waals surface area contributed by atoms with Crippen molar-refractivity contribution in [1.29, 1.82) is 0 Å². The number of carbonyl (C=O) groups excluding carboxylic acids is 2. The largest absolute Gasteiger partial charge is 0.497 e. The van der Waals surface area contributed by atoms with E-state index in [1.165, 1.54) is 0 Å². The van der Waals surface area contributed by atoms with Crippen molar-refractivity contribution in [3.05, 3.63) is 48.5 Å². The Hall–Kier alpha value is -2.73. The van der Waals surface area contributed by atoms with Gasteiger partial charge in [-0.15, -0.1) is 11.6 Å². The highest BCUT2D eigenvalue weighted by Crippen LogP contribution is 2.21. The molecule has 7 heteroatoms. The lowest BCUT2D eigenvalue weighted by molar-refractivity contribution is -0.118. The number of carbonyl (C=O) groups is 2. The molecule has 0 aliphatic carbocycles. The van der Waals surface area contributed by atoms with Gasteiger partial charge < -0.3 is 19.7 Å². The maximum Gasteiger partial charge on any atom is 0.226 e. The fourth-order valence-electron chi connectivity index (χ4n) is 3.12. The lowest BCUT2D eigenvalue weighted by Crippen LogP contribution is -2.31. The van der Waals surface area contributed by atoms with Crippen molar-refractivity contribution < 1.29 is 19.1 Å². The van der Waals surface area contributed by atoms with E-state index in [0.717, 1.165) is 42.1 Å². The summed E-state index contributed by atoms with van der Waals surface area (Å²) in [5.74, 6) is 2.06.